The molecule has 1 fully saturated rings. The highest BCUT2D eigenvalue weighted by Gasteiger charge is 2.27. The van der Waals surface area contributed by atoms with Crippen LogP contribution in [0.25, 0.3) is 10.9 Å². The Bertz CT molecular complexity index is 1020. The number of methoxy groups -OCH3 is 1. The summed E-state index contributed by atoms with van der Waals surface area (Å²) in [4.78, 5) is 14.7. The van der Waals surface area contributed by atoms with Crippen LogP contribution >= 0.6 is 0 Å². The second-order valence-electron chi connectivity index (χ2n) is 7.44. The molecule has 1 saturated heterocycles. The summed E-state index contributed by atoms with van der Waals surface area (Å²) in [7, 11) is 1.47. The highest BCUT2D eigenvalue weighted by atomic mass is 19.1. The van der Waals surface area contributed by atoms with Crippen LogP contribution in [-0.2, 0) is 0 Å². The highest BCUT2D eigenvalue weighted by Crippen LogP contribution is 2.37. The Morgan fingerprint density at radius 2 is 1.82 bits per heavy atom. The number of para-hydroxylation sites is 1. The predicted octanol–water partition coefficient (Wildman–Crippen LogP) is 5.14. The van der Waals surface area contributed by atoms with Crippen molar-refractivity contribution < 1.29 is 13.9 Å². The molecule has 0 radical (unpaired) electrons. The minimum absolute atomic E-state index is 0.0347. The molecule has 0 N–H and O–H groups in total. The number of carbonyl (C=O) groups excluding carboxylic acids is 1. The Kier molecular flexibility index (Phi) is 4.84. The molecule has 3 aromatic rings. The number of anilines is 1. The van der Waals surface area contributed by atoms with Crippen LogP contribution in [0.1, 0.15) is 41.9 Å². The summed E-state index contributed by atoms with van der Waals surface area (Å²) in [5.41, 5.74) is 3.64. The van der Waals surface area contributed by atoms with E-state index in [9.17, 15) is 9.18 Å². The van der Waals surface area contributed by atoms with Gasteiger partial charge in [-0.05, 0) is 44.9 Å². The minimum Gasteiger partial charge on any atom is -0.494 e. The van der Waals surface area contributed by atoms with E-state index in [1.165, 1.54) is 18.9 Å². The normalized spacial score (nSPS) is 15.2. The van der Waals surface area contributed by atoms with E-state index in [0.717, 1.165) is 37.1 Å². The highest BCUT2D eigenvalue weighted by molar-refractivity contribution is 6.08. The third-order valence-electron chi connectivity index (χ3n) is 5.83. The molecule has 1 aromatic heterocycles. The lowest BCUT2D eigenvalue weighted by Crippen LogP contribution is -2.34. The van der Waals surface area contributed by atoms with Crippen LogP contribution in [0.4, 0.5) is 10.1 Å². The number of ketones is 1. The first-order chi connectivity index (χ1) is 13.5. The van der Waals surface area contributed by atoms with E-state index in [1.807, 2.05) is 13.0 Å². The van der Waals surface area contributed by atoms with Crippen molar-refractivity contribution in [2.75, 3.05) is 25.1 Å². The molecule has 0 saturated carbocycles. The van der Waals surface area contributed by atoms with Crippen LogP contribution in [-0.4, -0.2) is 30.5 Å². The average Bonchev–Trinajstić information content (AvgIpc) is 2.99. The fourth-order valence-corrected chi connectivity index (χ4v) is 4.53. The van der Waals surface area contributed by atoms with Crippen LogP contribution in [0.5, 0.6) is 5.75 Å². The summed E-state index contributed by atoms with van der Waals surface area (Å²) in [6.07, 6.45) is 1.94. The number of hydrogen-bond acceptors (Lipinski definition) is 3. The van der Waals surface area contributed by atoms with E-state index < -0.39 is 5.82 Å². The van der Waals surface area contributed by atoms with Gasteiger partial charge in [0.15, 0.2) is 17.3 Å². The van der Waals surface area contributed by atoms with Gasteiger partial charge in [-0.15, -0.1) is 0 Å². The molecule has 0 atom stereocenters. The second kappa shape index (κ2) is 7.30. The number of piperidine rings is 1. The van der Waals surface area contributed by atoms with Gasteiger partial charge in [0.05, 0.1) is 12.6 Å². The Morgan fingerprint density at radius 1 is 1.14 bits per heavy atom. The molecule has 1 aliphatic heterocycles. The summed E-state index contributed by atoms with van der Waals surface area (Å²) in [5, 5.41) is 0.675. The monoisotopic (exact) mass is 380 g/mol. The van der Waals surface area contributed by atoms with Crippen molar-refractivity contribution in [3.63, 3.8) is 0 Å². The van der Waals surface area contributed by atoms with E-state index in [2.05, 4.69) is 33.7 Å². The molecule has 2 heterocycles. The number of carbonyl (C=O) groups is 1. The number of hydrogen-bond donors (Lipinski definition) is 0. The topological polar surface area (TPSA) is 34.5 Å². The van der Waals surface area contributed by atoms with Crippen LogP contribution in [0.15, 0.2) is 42.5 Å². The molecule has 0 spiro atoms. The number of rotatable bonds is 4. The van der Waals surface area contributed by atoms with Crippen molar-refractivity contribution in [3.05, 3.63) is 59.5 Å². The number of fused-ring (bicyclic) bond motifs is 1. The van der Waals surface area contributed by atoms with E-state index in [4.69, 9.17) is 4.74 Å². The SMILES string of the molecule is COc1cc2c(cc1F)c(C(C)=O)c(C)n2C1CCN(c2ccccc2)CC1. The Balaban J connectivity index is 1.73. The van der Waals surface area contributed by atoms with Crippen molar-refractivity contribution in [1.82, 2.24) is 4.57 Å². The molecule has 4 rings (SSSR count). The Hall–Kier alpha value is -2.82. The summed E-state index contributed by atoms with van der Waals surface area (Å²) in [6.45, 7) is 5.40. The quantitative estimate of drug-likeness (QED) is 0.588. The summed E-state index contributed by atoms with van der Waals surface area (Å²) in [6, 6.07) is 13.9. The lowest BCUT2D eigenvalue weighted by Gasteiger charge is -2.35. The summed E-state index contributed by atoms with van der Waals surface area (Å²) in [5.74, 6) is -0.260. The van der Waals surface area contributed by atoms with Gasteiger partial charge in [-0.2, -0.15) is 0 Å². The van der Waals surface area contributed by atoms with Gasteiger partial charge < -0.3 is 14.2 Å². The molecule has 0 bridgehead atoms. The number of halogens is 1. The smallest absolute Gasteiger partial charge is 0.165 e. The van der Waals surface area contributed by atoms with Crippen molar-refractivity contribution in [3.8, 4) is 5.75 Å². The fourth-order valence-electron chi connectivity index (χ4n) is 4.53. The zero-order chi connectivity index (χ0) is 19.8. The van der Waals surface area contributed by atoms with Gasteiger partial charge >= 0.3 is 0 Å². The van der Waals surface area contributed by atoms with Gasteiger partial charge in [-0.25, -0.2) is 4.39 Å². The predicted molar refractivity (Wildman–Crippen MR) is 110 cm³/mol. The van der Waals surface area contributed by atoms with Gasteiger partial charge in [-0.3, -0.25) is 4.79 Å². The van der Waals surface area contributed by atoms with Gasteiger partial charge in [-0.1, -0.05) is 18.2 Å². The largest absolute Gasteiger partial charge is 0.494 e. The number of nitrogens with zero attached hydrogens (tertiary/aromatic N) is 2. The third kappa shape index (κ3) is 3.05. The summed E-state index contributed by atoms with van der Waals surface area (Å²) >= 11 is 0. The maximum atomic E-state index is 14.3. The van der Waals surface area contributed by atoms with Gasteiger partial charge in [0, 0.05) is 47.5 Å². The third-order valence-corrected chi connectivity index (χ3v) is 5.83. The lowest BCUT2D eigenvalue weighted by molar-refractivity contribution is 0.101. The first-order valence-electron chi connectivity index (χ1n) is 9.70. The van der Waals surface area contributed by atoms with E-state index in [1.54, 1.807) is 13.0 Å². The van der Waals surface area contributed by atoms with Crippen molar-refractivity contribution in [2.24, 2.45) is 0 Å². The van der Waals surface area contributed by atoms with Crippen molar-refractivity contribution in [2.45, 2.75) is 32.7 Å². The number of Topliss-reactive ketones (excluding diaryl/α,β-unsaturated/α-hetero) is 1. The standard InChI is InChI=1S/C23H25FN2O2/c1-15-23(16(2)27)19-13-20(24)22(28-3)14-21(19)26(15)18-9-11-25(12-10-18)17-7-5-4-6-8-17/h4-8,13-14,18H,9-12H2,1-3H3. The molecule has 146 valence electrons. The van der Waals surface area contributed by atoms with Gasteiger partial charge in [0.25, 0.3) is 0 Å². The van der Waals surface area contributed by atoms with Crippen molar-refractivity contribution >= 4 is 22.4 Å². The molecule has 1 aliphatic rings. The maximum Gasteiger partial charge on any atom is 0.165 e. The minimum atomic E-state index is -0.437. The van der Waals surface area contributed by atoms with Crippen LogP contribution in [0, 0.1) is 12.7 Å². The molecule has 2 aromatic carbocycles. The molecule has 4 nitrogen and oxygen atoms in total. The lowest BCUT2D eigenvalue weighted by atomic mass is 10.0. The molecule has 0 unspecified atom stereocenters. The molecule has 0 aliphatic carbocycles. The first-order valence-corrected chi connectivity index (χ1v) is 9.70. The van der Waals surface area contributed by atoms with Crippen LogP contribution < -0.4 is 9.64 Å². The van der Waals surface area contributed by atoms with Crippen molar-refractivity contribution in [1.29, 1.82) is 0 Å². The molecular formula is C23H25FN2O2. The number of aromatic nitrogens is 1. The Labute approximate surface area is 164 Å². The zero-order valence-corrected chi connectivity index (χ0v) is 16.5. The molecular weight excluding hydrogens is 355 g/mol. The van der Waals surface area contributed by atoms with Gasteiger partial charge in [0.1, 0.15) is 0 Å². The van der Waals surface area contributed by atoms with Crippen LogP contribution in [0.2, 0.25) is 0 Å². The van der Waals surface area contributed by atoms with E-state index >= 15 is 0 Å². The first kappa shape index (κ1) is 18.5. The molecule has 0 amide bonds. The van der Waals surface area contributed by atoms with Crippen LogP contribution in [0.3, 0.4) is 0 Å². The number of ether oxygens (including phenoxy) is 1. The zero-order valence-electron chi connectivity index (χ0n) is 16.5. The fraction of sp³-hybridized carbons (Fsp3) is 0.348. The van der Waals surface area contributed by atoms with Gasteiger partial charge in [0.2, 0.25) is 0 Å². The number of benzene rings is 2. The summed E-state index contributed by atoms with van der Waals surface area (Å²) < 4.78 is 21.8. The second-order valence-corrected chi connectivity index (χ2v) is 7.44. The van der Waals surface area contributed by atoms with E-state index in [-0.39, 0.29) is 17.6 Å². The maximum absolute atomic E-state index is 14.3. The molecule has 5 heteroatoms. The average molecular weight is 380 g/mol. The van der Waals surface area contributed by atoms with E-state index in [0.29, 0.717) is 10.9 Å². The molecule has 28 heavy (non-hydrogen) atoms. The Morgan fingerprint density at radius 3 is 2.43 bits per heavy atom.